The quantitative estimate of drug-likeness (QED) is 0.608. The lowest BCUT2D eigenvalue weighted by atomic mass is 10.1. The predicted octanol–water partition coefficient (Wildman–Crippen LogP) is 0.0828. The van der Waals surface area contributed by atoms with Gasteiger partial charge in [0.2, 0.25) is 0 Å². The maximum absolute atomic E-state index is 10.3. The van der Waals surface area contributed by atoms with Crippen molar-refractivity contribution >= 4 is 5.97 Å². The molecule has 18 heavy (non-hydrogen) atoms. The molecule has 102 valence electrons. The van der Waals surface area contributed by atoms with E-state index in [2.05, 4.69) is 10.3 Å². The number of hydrogen-bond acceptors (Lipinski definition) is 5. The first-order valence-electron chi connectivity index (χ1n) is 5.89. The summed E-state index contributed by atoms with van der Waals surface area (Å²) in [6, 6.07) is 0. The largest absolute Gasteiger partial charge is 0.481 e. The normalized spacial score (nSPS) is 12.6. The standard InChI is InChI=1S/C11H19N3O4/c1-18-8-10(15)7-14-6-9(12-13-14)4-2-3-5-11(16)17/h6,10,15H,2-5,7-8H2,1H3,(H,16,17). The molecule has 1 rings (SSSR count). The monoisotopic (exact) mass is 257 g/mol. The van der Waals surface area contributed by atoms with Crippen molar-refractivity contribution in [2.75, 3.05) is 13.7 Å². The number of methoxy groups -OCH3 is 1. The second-order valence-corrected chi connectivity index (χ2v) is 4.14. The molecule has 0 spiro atoms. The van der Waals surface area contributed by atoms with E-state index in [1.807, 2.05) is 0 Å². The van der Waals surface area contributed by atoms with Crippen LogP contribution in [0.15, 0.2) is 6.20 Å². The number of unbranched alkanes of at least 4 members (excludes halogenated alkanes) is 1. The van der Waals surface area contributed by atoms with Gasteiger partial charge in [-0.1, -0.05) is 5.21 Å². The molecule has 0 saturated heterocycles. The Morgan fingerprint density at radius 2 is 2.33 bits per heavy atom. The molecule has 0 fully saturated rings. The van der Waals surface area contributed by atoms with Crippen LogP contribution in [0.3, 0.4) is 0 Å². The van der Waals surface area contributed by atoms with Crippen LogP contribution in [0.4, 0.5) is 0 Å². The molecule has 0 aromatic carbocycles. The fourth-order valence-electron chi connectivity index (χ4n) is 1.59. The molecule has 2 N–H and O–H groups in total. The smallest absolute Gasteiger partial charge is 0.303 e. The average Bonchev–Trinajstić information content (AvgIpc) is 2.72. The number of aryl methyl sites for hydroxylation is 1. The summed E-state index contributed by atoms with van der Waals surface area (Å²) in [5.41, 5.74) is 0.810. The van der Waals surface area contributed by atoms with Crippen LogP contribution in [0.2, 0.25) is 0 Å². The van der Waals surface area contributed by atoms with Crippen LogP contribution in [-0.4, -0.2) is 51.0 Å². The van der Waals surface area contributed by atoms with Crippen molar-refractivity contribution in [1.29, 1.82) is 0 Å². The molecule has 0 aliphatic heterocycles. The van der Waals surface area contributed by atoms with Gasteiger partial charge >= 0.3 is 5.97 Å². The maximum Gasteiger partial charge on any atom is 0.303 e. The fraction of sp³-hybridized carbons (Fsp3) is 0.727. The Labute approximate surface area is 105 Å². The molecule has 0 aliphatic carbocycles. The Morgan fingerprint density at radius 1 is 1.56 bits per heavy atom. The zero-order valence-corrected chi connectivity index (χ0v) is 10.4. The number of carbonyl (C=O) groups is 1. The van der Waals surface area contributed by atoms with Crippen LogP contribution in [0, 0.1) is 0 Å². The van der Waals surface area contributed by atoms with Crippen LogP contribution < -0.4 is 0 Å². The first kappa shape index (κ1) is 14.6. The molecule has 1 atom stereocenters. The molecule has 7 heteroatoms. The van der Waals surface area contributed by atoms with Crippen LogP contribution in [0.1, 0.15) is 25.0 Å². The van der Waals surface area contributed by atoms with Gasteiger partial charge in [-0.3, -0.25) is 4.79 Å². The highest BCUT2D eigenvalue weighted by Gasteiger charge is 2.07. The molecule has 0 radical (unpaired) electrons. The van der Waals surface area contributed by atoms with E-state index in [0.717, 1.165) is 12.1 Å². The lowest BCUT2D eigenvalue weighted by Crippen LogP contribution is -2.21. The van der Waals surface area contributed by atoms with Crippen molar-refractivity contribution in [2.45, 2.75) is 38.3 Å². The van der Waals surface area contributed by atoms with Gasteiger partial charge in [0, 0.05) is 19.7 Å². The maximum atomic E-state index is 10.3. The van der Waals surface area contributed by atoms with E-state index in [1.165, 1.54) is 7.11 Å². The molecule has 0 bridgehead atoms. The van der Waals surface area contributed by atoms with Gasteiger partial charge in [-0.2, -0.15) is 0 Å². The third-order valence-electron chi connectivity index (χ3n) is 2.42. The van der Waals surface area contributed by atoms with Crippen molar-refractivity contribution in [3.63, 3.8) is 0 Å². The van der Waals surface area contributed by atoms with Gasteiger partial charge in [-0.05, 0) is 19.3 Å². The predicted molar refractivity (Wildman–Crippen MR) is 63.1 cm³/mol. The van der Waals surface area contributed by atoms with E-state index >= 15 is 0 Å². The van der Waals surface area contributed by atoms with Crippen LogP contribution in [0.25, 0.3) is 0 Å². The number of aliphatic hydroxyl groups is 1. The Kier molecular flexibility index (Phi) is 6.31. The van der Waals surface area contributed by atoms with Gasteiger partial charge in [-0.15, -0.1) is 5.10 Å². The van der Waals surface area contributed by atoms with Crippen LogP contribution in [0.5, 0.6) is 0 Å². The zero-order chi connectivity index (χ0) is 13.4. The SMILES string of the molecule is COCC(O)Cn1cc(CCCCC(=O)O)nn1. The Morgan fingerprint density at radius 3 is 3.00 bits per heavy atom. The molecule has 1 unspecified atom stereocenters. The third kappa shape index (κ3) is 5.74. The number of carboxylic acids is 1. The minimum Gasteiger partial charge on any atom is -0.481 e. The van der Waals surface area contributed by atoms with E-state index in [9.17, 15) is 9.90 Å². The van der Waals surface area contributed by atoms with Crippen molar-refractivity contribution in [1.82, 2.24) is 15.0 Å². The second kappa shape index (κ2) is 7.78. The number of rotatable bonds is 9. The van der Waals surface area contributed by atoms with Crippen molar-refractivity contribution < 1.29 is 19.7 Å². The number of ether oxygens (including phenoxy) is 1. The minimum atomic E-state index is -0.777. The van der Waals surface area contributed by atoms with Crippen molar-refractivity contribution in [3.8, 4) is 0 Å². The average molecular weight is 257 g/mol. The van der Waals surface area contributed by atoms with Crippen LogP contribution >= 0.6 is 0 Å². The number of hydrogen-bond donors (Lipinski definition) is 2. The summed E-state index contributed by atoms with van der Waals surface area (Å²) < 4.78 is 6.38. The number of nitrogens with zero attached hydrogens (tertiary/aromatic N) is 3. The number of carboxylic acid groups (broad SMARTS) is 1. The molecular formula is C11H19N3O4. The lowest BCUT2D eigenvalue weighted by molar-refractivity contribution is -0.137. The van der Waals surface area contributed by atoms with E-state index in [-0.39, 0.29) is 13.0 Å². The number of aromatic nitrogens is 3. The summed E-state index contributed by atoms with van der Waals surface area (Å²) in [5.74, 6) is -0.777. The van der Waals surface area contributed by atoms with E-state index < -0.39 is 12.1 Å². The summed E-state index contributed by atoms with van der Waals surface area (Å²) in [4.78, 5) is 10.3. The topological polar surface area (TPSA) is 97.5 Å². The number of aliphatic hydroxyl groups excluding tert-OH is 1. The molecule has 1 aromatic rings. The first-order chi connectivity index (χ1) is 8.61. The van der Waals surface area contributed by atoms with Gasteiger partial charge in [0.25, 0.3) is 0 Å². The van der Waals surface area contributed by atoms with Gasteiger partial charge in [-0.25, -0.2) is 4.68 Å². The summed E-state index contributed by atoms with van der Waals surface area (Å²) in [5, 5.41) is 25.8. The molecule has 7 nitrogen and oxygen atoms in total. The van der Waals surface area contributed by atoms with Crippen LogP contribution in [-0.2, 0) is 22.5 Å². The molecular weight excluding hydrogens is 238 g/mol. The summed E-state index contributed by atoms with van der Waals surface area (Å²) in [7, 11) is 1.53. The lowest BCUT2D eigenvalue weighted by Gasteiger charge is -2.07. The summed E-state index contributed by atoms with van der Waals surface area (Å²) in [6.07, 6.45) is 3.45. The first-order valence-corrected chi connectivity index (χ1v) is 5.89. The molecule has 0 amide bonds. The summed E-state index contributed by atoms with van der Waals surface area (Å²) in [6.45, 7) is 0.601. The highest BCUT2D eigenvalue weighted by molar-refractivity contribution is 5.66. The van der Waals surface area contributed by atoms with Gasteiger partial charge in [0.1, 0.15) is 0 Å². The molecule has 0 aliphatic rings. The van der Waals surface area contributed by atoms with Crippen molar-refractivity contribution in [2.24, 2.45) is 0 Å². The Hall–Kier alpha value is -1.47. The highest BCUT2D eigenvalue weighted by Crippen LogP contribution is 2.04. The van der Waals surface area contributed by atoms with E-state index in [4.69, 9.17) is 9.84 Å². The molecule has 1 heterocycles. The number of aliphatic carboxylic acids is 1. The zero-order valence-electron chi connectivity index (χ0n) is 10.4. The van der Waals surface area contributed by atoms with Gasteiger partial charge in [0.05, 0.1) is 24.9 Å². The minimum absolute atomic E-state index is 0.181. The Bertz CT molecular complexity index is 367. The van der Waals surface area contributed by atoms with Gasteiger partial charge < -0.3 is 14.9 Å². The van der Waals surface area contributed by atoms with Crippen molar-refractivity contribution in [3.05, 3.63) is 11.9 Å². The third-order valence-corrected chi connectivity index (χ3v) is 2.42. The van der Waals surface area contributed by atoms with E-state index in [1.54, 1.807) is 10.9 Å². The highest BCUT2D eigenvalue weighted by atomic mass is 16.5. The second-order valence-electron chi connectivity index (χ2n) is 4.14. The fourth-order valence-corrected chi connectivity index (χ4v) is 1.59. The van der Waals surface area contributed by atoms with E-state index in [0.29, 0.717) is 19.4 Å². The van der Waals surface area contributed by atoms with Gasteiger partial charge in [0.15, 0.2) is 0 Å². The summed E-state index contributed by atoms with van der Waals surface area (Å²) >= 11 is 0. The Balaban J connectivity index is 2.27. The molecule has 1 aromatic heterocycles. The molecule has 0 saturated carbocycles.